The molecule has 0 spiro atoms. The molecule has 1 fully saturated rings. The van der Waals surface area contributed by atoms with Crippen molar-refractivity contribution in [1.29, 1.82) is 0 Å². The number of rotatable bonds is 9. The predicted molar refractivity (Wildman–Crippen MR) is 199 cm³/mol. The summed E-state index contributed by atoms with van der Waals surface area (Å²) in [4.78, 5) is 15.3. The minimum absolute atomic E-state index is 0.106. The molecular formula is C40H44F3NO5S3. The molecule has 2 heterocycles. The van der Waals surface area contributed by atoms with Crippen LogP contribution >= 0.6 is 22.7 Å². The van der Waals surface area contributed by atoms with Gasteiger partial charge in [0.05, 0.1) is 17.3 Å². The molecule has 0 aliphatic heterocycles. The fraction of sp³-hybridized carbons (Fsp3) is 0.425. The fourth-order valence-electron chi connectivity index (χ4n) is 7.99. The largest absolute Gasteiger partial charge is 0.416 e. The number of hydrogen-bond acceptors (Lipinski definition) is 7. The first kappa shape index (κ1) is 38.6. The number of thiophene rings is 2. The minimum atomic E-state index is -4.64. The van der Waals surface area contributed by atoms with E-state index in [0.29, 0.717) is 49.7 Å². The van der Waals surface area contributed by atoms with E-state index < -0.39 is 50.6 Å². The molecule has 2 aromatic heterocycles. The Balaban J connectivity index is 1.45. The molecule has 0 saturated heterocycles. The number of hydrogen-bond donors (Lipinski definition) is 2. The number of fused-ring (bicyclic) bond motifs is 8. The summed E-state index contributed by atoms with van der Waals surface area (Å²) in [5.41, 5.74) is -0.870. The number of ketones is 1. The van der Waals surface area contributed by atoms with E-state index in [-0.39, 0.29) is 41.3 Å². The summed E-state index contributed by atoms with van der Waals surface area (Å²) in [6.45, 7) is 3.98. The summed E-state index contributed by atoms with van der Waals surface area (Å²) in [5.74, 6) is -1.00. The van der Waals surface area contributed by atoms with Gasteiger partial charge in [-0.2, -0.15) is 17.5 Å². The Morgan fingerprint density at radius 1 is 1.00 bits per heavy atom. The van der Waals surface area contributed by atoms with Crippen molar-refractivity contribution in [2.75, 3.05) is 13.1 Å². The molecule has 2 bridgehead atoms. The van der Waals surface area contributed by atoms with E-state index in [1.54, 1.807) is 34.9 Å². The number of alkyl halides is 3. The molecule has 52 heavy (non-hydrogen) atoms. The van der Waals surface area contributed by atoms with Crippen molar-refractivity contribution in [3.05, 3.63) is 122 Å². The van der Waals surface area contributed by atoms with E-state index >= 15 is 0 Å². The third-order valence-electron chi connectivity index (χ3n) is 11.1. The van der Waals surface area contributed by atoms with Crippen LogP contribution in [0.2, 0.25) is 0 Å². The molecule has 2 N–H and O–H groups in total. The second-order valence-corrected chi connectivity index (χ2v) is 18.6. The fourth-order valence-corrected chi connectivity index (χ4v) is 11.3. The number of allylic oxidation sites excluding steroid dienone is 2. The lowest BCUT2D eigenvalue weighted by atomic mass is 9.64. The Morgan fingerprint density at radius 2 is 1.77 bits per heavy atom. The van der Waals surface area contributed by atoms with Gasteiger partial charge in [0.2, 0.25) is 0 Å². The van der Waals surface area contributed by atoms with Crippen LogP contribution in [0.4, 0.5) is 13.2 Å². The number of halogens is 3. The van der Waals surface area contributed by atoms with Gasteiger partial charge in [0.1, 0.15) is 4.21 Å². The van der Waals surface area contributed by atoms with Gasteiger partial charge in [-0.3, -0.25) is 4.79 Å². The maximum absolute atomic E-state index is 14.3. The highest BCUT2D eigenvalue weighted by Gasteiger charge is 2.58. The number of carbonyl (C=O) groups excluding carboxylic acids is 1. The van der Waals surface area contributed by atoms with Gasteiger partial charge in [-0.05, 0) is 116 Å². The van der Waals surface area contributed by atoms with Crippen molar-refractivity contribution < 1.29 is 36.6 Å². The SMILES string of the molecule is CC1=CCC[C@@]2(C)[C@@H](CC[C@@]2(O)CN(CCc2cccs2)S(=O)(=O)c2cccs2)c2ccc(cc2C(=O)c2cccc(C(F)(F)F)c2)C[C@@H](O)CC1. The second-order valence-electron chi connectivity index (χ2n) is 14.5. The number of aliphatic hydroxyl groups excluding tert-OH is 1. The van der Waals surface area contributed by atoms with Gasteiger partial charge in [0.25, 0.3) is 10.0 Å². The Labute approximate surface area is 311 Å². The zero-order valence-electron chi connectivity index (χ0n) is 29.2. The van der Waals surface area contributed by atoms with Gasteiger partial charge in [-0.25, -0.2) is 8.42 Å². The van der Waals surface area contributed by atoms with Crippen molar-refractivity contribution in [2.45, 2.75) is 93.2 Å². The van der Waals surface area contributed by atoms with Gasteiger partial charge >= 0.3 is 6.18 Å². The zero-order valence-corrected chi connectivity index (χ0v) is 31.7. The summed E-state index contributed by atoms with van der Waals surface area (Å²) in [6, 6.07) is 16.9. The van der Waals surface area contributed by atoms with Crippen molar-refractivity contribution >= 4 is 38.5 Å². The minimum Gasteiger partial charge on any atom is -0.393 e. The van der Waals surface area contributed by atoms with Gasteiger partial charge in [-0.1, -0.05) is 55.0 Å². The molecule has 3 aliphatic rings. The molecule has 3 aliphatic carbocycles. The summed E-state index contributed by atoms with van der Waals surface area (Å²) >= 11 is 2.67. The van der Waals surface area contributed by atoms with Crippen LogP contribution in [0.25, 0.3) is 0 Å². The molecule has 12 heteroatoms. The first-order chi connectivity index (χ1) is 24.6. The highest BCUT2D eigenvalue weighted by atomic mass is 32.2. The van der Waals surface area contributed by atoms with Crippen LogP contribution in [0.3, 0.4) is 0 Å². The van der Waals surface area contributed by atoms with Gasteiger partial charge in [0, 0.05) is 34.5 Å². The molecule has 2 aromatic carbocycles. The van der Waals surface area contributed by atoms with Crippen LogP contribution in [-0.4, -0.2) is 53.5 Å². The summed E-state index contributed by atoms with van der Waals surface area (Å²) in [7, 11) is -3.97. The summed E-state index contributed by atoms with van der Waals surface area (Å²) in [6.07, 6.45) is 0.384. The lowest BCUT2D eigenvalue weighted by Gasteiger charge is -2.46. The summed E-state index contributed by atoms with van der Waals surface area (Å²) < 4.78 is 71.1. The second kappa shape index (κ2) is 15.3. The Bertz CT molecular complexity index is 2010. The van der Waals surface area contributed by atoms with E-state index in [9.17, 15) is 36.6 Å². The Kier molecular flexibility index (Phi) is 11.4. The molecule has 1 saturated carbocycles. The highest BCUT2D eigenvalue weighted by Crippen LogP contribution is 2.59. The van der Waals surface area contributed by atoms with E-state index in [2.05, 4.69) is 6.08 Å². The number of carbonyl (C=O) groups is 1. The third-order valence-corrected chi connectivity index (χ3v) is 15.2. The molecule has 4 aromatic rings. The smallest absolute Gasteiger partial charge is 0.393 e. The molecule has 7 rings (SSSR count). The topological polar surface area (TPSA) is 94.9 Å². The first-order valence-corrected chi connectivity index (χ1v) is 20.8. The number of aliphatic hydroxyl groups is 2. The van der Waals surface area contributed by atoms with Crippen LogP contribution < -0.4 is 0 Å². The molecule has 0 unspecified atom stereocenters. The van der Waals surface area contributed by atoms with Crippen LogP contribution in [0.15, 0.2) is 93.3 Å². The normalized spacial score (nSPS) is 24.4. The Morgan fingerprint density at radius 3 is 2.48 bits per heavy atom. The molecule has 0 radical (unpaired) electrons. The number of benzene rings is 2. The van der Waals surface area contributed by atoms with Gasteiger partial charge in [-0.15, -0.1) is 22.7 Å². The van der Waals surface area contributed by atoms with E-state index in [1.807, 2.05) is 43.5 Å². The quantitative estimate of drug-likeness (QED) is 0.131. The first-order valence-electron chi connectivity index (χ1n) is 17.6. The van der Waals surface area contributed by atoms with Crippen LogP contribution in [0.5, 0.6) is 0 Å². The molecular weight excluding hydrogens is 728 g/mol. The van der Waals surface area contributed by atoms with E-state index in [4.69, 9.17) is 0 Å². The number of sulfonamides is 1. The third kappa shape index (κ3) is 8.02. The highest BCUT2D eigenvalue weighted by molar-refractivity contribution is 7.91. The maximum Gasteiger partial charge on any atom is 0.416 e. The Hall–Kier alpha value is -3.13. The standard InChI is InChI=1S/C40H44F3NO5S3/c1-27-7-4-18-38(2)35(16-19-39(38,47)26-44(20-17-32-10-5-21-50-32)52(48,49)36-11-6-22-51-36)33-15-13-28(23-31(45)14-12-27)24-34(33)37(46)29-8-3-9-30(25-29)40(41,42)43/h3,5-11,13,15,21-22,24-25,31,35,45,47H,4,12,14,16-20,23,26H2,1-2H3/t31-,35-,38-,39+/m0/s1. The molecule has 6 nitrogen and oxygen atoms in total. The predicted octanol–water partition coefficient (Wildman–Crippen LogP) is 9.03. The van der Waals surface area contributed by atoms with Gasteiger partial charge < -0.3 is 10.2 Å². The average molecular weight is 772 g/mol. The van der Waals surface area contributed by atoms with Crippen LogP contribution in [0, 0.1) is 5.41 Å². The van der Waals surface area contributed by atoms with E-state index in [1.165, 1.54) is 16.4 Å². The molecule has 278 valence electrons. The molecule has 0 amide bonds. The summed E-state index contributed by atoms with van der Waals surface area (Å²) in [5, 5.41) is 27.5. The molecule has 4 atom stereocenters. The van der Waals surface area contributed by atoms with E-state index in [0.717, 1.165) is 33.9 Å². The van der Waals surface area contributed by atoms with Crippen molar-refractivity contribution in [2.24, 2.45) is 5.41 Å². The van der Waals surface area contributed by atoms with Crippen LogP contribution in [-0.2, 0) is 29.0 Å². The number of nitrogens with zero attached hydrogens (tertiary/aromatic N) is 1. The lowest BCUT2D eigenvalue weighted by molar-refractivity contribution is -0.137. The van der Waals surface area contributed by atoms with Crippen molar-refractivity contribution in [3.63, 3.8) is 0 Å². The monoisotopic (exact) mass is 771 g/mol. The lowest BCUT2D eigenvalue weighted by Crippen LogP contribution is -2.54. The van der Waals surface area contributed by atoms with Crippen LogP contribution in [0.1, 0.15) is 95.8 Å². The van der Waals surface area contributed by atoms with Gasteiger partial charge in [0.15, 0.2) is 5.78 Å². The van der Waals surface area contributed by atoms with Crippen molar-refractivity contribution in [3.8, 4) is 0 Å². The zero-order chi connectivity index (χ0) is 37.3. The maximum atomic E-state index is 14.3. The van der Waals surface area contributed by atoms with Crippen molar-refractivity contribution in [1.82, 2.24) is 4.31 Å². The average Bonchev–Trinajstić information content (AvgIpc) is 3.88.